The quantitative estimate of drug-likeness (QED) is 0.764. The van der Waals surface area contributed by atoms with Crippen molar-refractivity contribution >= 4 is 12.4 Å². The maximum Gasteiger partial charge on any atom is 0.0422 e. The van der Waals surface area contributed by atoms with Crippen molar-refractivity contribution in [3.8, 4) is 0 Å². The van der Waals surface area contributed by atoms with Crippen molar-refractivity contribution in [1.29, 1.82) is 0 Å². The zero-order valence-corrected chi connectivity index (χ0v) is 8.90. The third-order valence-corrected chi connectivity index (χ3v) is 2.30. The summed E-state index contributed by atoms with van der Waals surface area (Å²) in [7, 11) is 0. The van der Waals surface area contributed by atoms with E-state index in [0.29, 0.717) is 6.54 Å². The summed E-state index contributed by atoms with van der Waals surface area (Å²) in [5.74, 6) is 0. The van der Waals surface area contributed by atoms with Crippen molar-refractivity contribution < 1.29 is 0 Å². The van der Waals surface area contributed by atoms with E-state index in [1.165, 1.54) is 11.1 Å². The van der Waals surface area contributed by atoms with Gasteiger partial charge in [-0.3, -0.25) is 0 Å². The lowest BCUT2D eigenvalue weighted by molar-refractivity contribution is 0.730. The monoisotopic (exact) mass is 200 g/mol. The average molecular weight is 201 g/mol. The van der Waals surface area contributed by atoms with Crippen molar-refractivity contribution in [2.24, 2.45) is 11.5 Å². The number of benzene rings is 1. The molecule has 0 aliphatic carbocycles. The third kappa shape index (κ3) is 2.69. The predicted molar refractivity (Wildman–Crippen MR) is 59.1 cm³/mol. The molecule has 0 bridgehead atoms. The molecule has 0 aromatic heterocycles. The molecule has 0 heterocycles. The molecule has 0 saturated heterocycles. The van der Waals surface area contributed by atoms with Gasteiger partial charge in [-0.15, -0.1) is 12.4 Å². The number of rotatable bonds is 2. The van der Waals surface area contributed by atoms with E-state index in [4.69, 9.17) is 11.5 Å². The fourth-order valence-electron chi connectivity index (χ4n) is 1.30. The molecule has 1 aromatic rings. The molecule has 0 aliphatic rings. The first-order chi connectivity index (χ1) is 5.66. The maximum absolute atomic E-state index is 5.84. The van der Waals surface area contributed by atoms with Crippen molar-refractivity contribution in [1.82, 2.24) is 0 Å². The average Bonchev–Trinajstić information content (AvgIpc) is 2.08. The van der Waals surface area contributed by atoms with E-state index < -0.39 is 0 Å². The van der Waals surface area contributed by atoms with Crippen LogP contribution in [0.15, 0.2) is 18.2 Å². The molecule has 3 heteroatoms. The molecule has 1 atom stereocenters. The van der Waals surface area contributed by atoms with E-state index in [1.807, 2.05) is 12.1 Å². The highest BCUT2D eigenvalue weighted by molar-refractivity contribution is 5.85. The van der Waals surface area contributed by atoms with Gasteiger partial charge in [0.25, 0.3) is 0 Å². The summed E-state index contributed by atoms with van der Waals surface area (Å²) in [6.07, 6.45) is 0. The molecule has 0 spiro atoms. The second-order valence-electron chi connectivity index (χ2n) is 3.13. The number of hydrogen-bond donors (Lipinski definition) is 2. The van der Waals surface area contributed by atoms with E-state index in [1.54, 1.807) is 0 Å². The first-order valence-corrected chi connectivity index (χ1v) is 4.18. The molecule has 4 N–H and O–H groups in total. The van der Waals surface area contributed by atoms with Crippen molar-refractivity contribution in [3.63, 3.8) is 0 Å². The summed E-state index contributed by atoms with van der Waals surface area (Å²) in [4.78, 5) is 0. The first kappa shape index (κ1) is 12.4. The minimum absolute atomic E-state index is 0. The van der Waals surface area contributed by atoms with Crippen LogP contribution in [0.1, 0.15) is 22.7 Å². The third-order valence-electron chi connectivity index (χ3n) is 2.30. The summed E-state index contributed by atoms with van der Waals surface area (Å²) < 4.78 is 0. The normalized spacial score (nSPS) is 12.0. The molecule has 1 aromatic carbocycles. The first-order valence-electron chi connectivity index (χ1n) is 4.18. The Kier molecular flexibility index (Phi) is 4.99. The van der Waals surface area contributed by atoms with Crippen LogP contribution in [-0.2, 0) is 0 Å². The Morgan fingerprint density at radius 2 is 1.92 bits per heavy atom. The summed E-state index contributed by atoms with van der Waals surface area (Å²) in [5, 5.41) is 0. The van der Waals surface area contributed by atoms with Gasteiger partial charge in [-0.25, -0.2) is 0 Å². The molecular formula is C10H17ClN2. The van der Waals surface area contributed by atoms with Crippen LogP contribution >= 0.6 is 12.4 Å². The lowest BCUT2D eigenvalue weighted by atomic mass is 9.98. The molecule has 2 nitrogen and oxygen atoms in total. The van der Waals surface area contributed by atoms with E-state index in [0.717, 1.165) is 5.56 Å². The standard InChI is InChI=1S/C10H16N2.ClH/c1-7-4-3-5-9(8(7)2)10(12)6-11;/h3-5,10H,6,11-12H2,1-2H3;1H/t10-;/m1./s1. The summed E-state index contributed by atoms with van der Waals surface area (Å²) in [6, 6.07) is 6.12. The van der Waals surface area contributed by atoms with Crippen LogP contribution < -0.4 is 11.5 Å². The van der Waals surface area contributed by atoms with Crippen LogP contribution in [0.5, 0.6) is 0 Å². The lowest BCUT2D eigenvalue weighted by Crippen LogP contribution is -2.21. The number of hydrogen-bond acceptors (Lipinski definition) is 2. The highest BCUT2D eigenvalue weighted by Crippen LogP contribution is 2.17. The number of aryl methyl sites for hydroxylation is 1. The summed E-state index contributed by atoms with van der Waals surface area (Å²) in [6.45, 7) is 4.67. The van der Waals surface area contributed by atoms with Gasteiger partial charge in [0.1, 0.15) is 0 Å². The van der Waals surface area contributed by atoms with Gasteiger partial charge in [0.2, 0.25) is 0 Å². The van der Waals surface area contributed by atoms with Gasteiger partial charge in [0.05, 0.1) is 0 Å². The van der Waals surface area contributed by atoms with E-state index in [2.05, 4.69) is 19.9 Å². The van der Waals surface area contributed by atoms with Gasteiger partial charge in [-0.05, 0) is 30.5 Å². The highest BCUT2D eigenvalue weighted by atomic mass is 35.5. The van der Waals surface area contributed by atoms with Gasteiger partial charge in [-0.2, -0.15) is 0 Å². The molecule has 13 heavy (non-hydrogen) atoms. The van der Waals surface area contributed by atoms with Crippen molar-refractivity contribution in [3.05, 3.63) is 34.9 Å². The Balaban J connectivity index is 0.00000144. The Morgan fingerprint density at radius 3 is 2.46 bits per heavy atom. The molecule has 0 aliphatic heterocycles. The highest BCUT2D eigenvalue weighted by Gasteiger charge is 2.06. The molecule has 0 amide bonds. The van der Waals surface area contributed by atoms with Gasteiger partial charge in [-0.1, -0.05) is 18.2 Å². The van der Waals surface area contributed by atoms with Crippen LogP contribution in [-0.4, -0.2) is 6.54 Å². The molecule has 0 radical (unpaired) electrons. The minimum Gasteiger partial charge on any atom is -0.329 e. The van der Waals surface area contributed by atoms with Gasteiger partial charge < -0.3 is 11.5 Å². The van der Waals surface area contributed by atoms with Crippen LogP contribution in [0.25, 0.3) is 0 Å². The summed E-state index contributed by atoms with van der Waals surface area (Å²) in [5.41, 5.74) is 15.0. The van der Waals surface area contributed by atoms with Gasteiger partial charge >= 0.3 is 0 Å². The van der Waals surface area contributed by atoms with Crippen LogP contribution in [0.4, 0.5) is 0 Å². The van der Waals surface area contributed by atoms with Crippen LogP contribution in [0.2, 0.25) is 0 Å². The Hall–Kier alpha value is -0.570. The Morgan fingerprint density at radius 1 is 1.31 bits per heavy atom. The van der Waals surface area contributed by atoms with Crippen LogP contribution in [0, 0.1) is 13.8 Å². The molecular weight excluding hydrogens is 184 g/mol. The predicted octanol–water partition coefficient (Wildman–Crippen LogP) is 1.68. The SMILES string of the molecule is Cc1cccc([C@H](N)CN)c1C.Cl. The smallest absolute Gasteiger partial charge is 0.0422 e. The fraction of sp³-hybridized carbons (Fsp3) is 0.400. The van der Waals surface area contributed by atoms with Crippen LogP contribution in [0.3, 0.4) is 0 Å². The number of nitrogens with two attached hydrogens (primary N) is 2. The Labute approximate surface area is 85.7 Å². The van der Waals surface area contributed by atoms with Gasteiger partial charge in [0.15, 0.2) is 0 Å². The molecule has 0 unspecified atom stereocenters. The minimum atomic E-state index is -0.0232. The van der Waals surface area contributed by atoms with Crippen molar-refractivity contribution in [2.75, 3.05) is 6.54 Å². The van der Waals surface area contributed by atoms with Gasteiger partial charge in [0, 0.05) is 12.6 Å². The molecule has 0 saturated carbocycles. The van der Waals surface area contributed by atoms with Crippen molar-refractivity contribution in [2.45, 2.75) is 19.9 Å². The number of halogens is 1. The lowest BCUT2D eigenvalue weighted by Gasteiger charge is -2.13. The van der Waals surface area contributed by atoms with E-state index >= 15 is 0 Å². The topological polar surface area (TPSA) is 52.0 Å². The Bertz CT molecular complexity index is 274. The molecule has 74 valence electrons. The molecule has 0 fully saturated rings. The summed E-state index contributed by atoms with van der Waals surface area (Å²) >= 11 is 0. The maximum atomic E-state index is 5.84. The van der Waals surface area contributed by atoms with E-state index in [9.17, 15) is 0 Å². The zero-order chi connectivity index (χ0) is 9.14. The fourth-order valence-corrected chi connectivity index (χ4v) is 1.30. The largest absolute Gasteiger partial charge is 0.329 e. The molecule has 1 rings (SSSR count). The second kappa shape index (κ2) is 5.22. The van der Waals surface area contributed by atoms with E-state index in [-0.39, 0.29) is 18.4 Å². The second-order valence-corrected chi connectivity index (χ2v) is 3.13. The zero-order valence-electron chi connectivity index (χ0n) is 8.08.